The number of aliphatic imine (C=N–C) groups is 1. The Morgan fingerprint density at radius 2 is 2.03 bits per heavy atom. The van der Waals surface area contributed by atoms with Crippen LogP contribution in [0.5, 0.6) is 0 Å². The lowest BCUT2D eigenvalue weighted by Gasteiger charge is -2.32. The van der Waals surface area contributed by atoms with E-state index in [0.717, 1.165) is 17.5 Å². The Bertz CT molecular complexity index is 1010. The van der Waals surface area contributed by atoms with Crippen molar-refractivity contribution in [3.8, 4) is 0 Å². The number of rotatable bonds is 5. The van der Waals surface area contributed by atoms with Gasteiger partial charge in [-0.1, -0.05) is 17.8 Å². The fourth-order valence-corrected chi connectivity index (χ4v) is 4.00. The van der Waals surface area contributed by atoms with Crippen molar-refractivity contribution in [1.82, 2.24) is 9.97 Å². The molecule has 3 N–H and O–H groups in total. The molecule has 0 aliphatic carbocycles. The summed E-state index contributed by atoms with van der Waals surface area (Å²) in [6, 6.07) is 4.49. The third-order valence-corrected chi connectivity index (χ3v) is 5.72. The van der Waals surface area contributed by atoms with Crippen LogP contribution in [-0.4, -0.2) is 31.6 Å². The average Bonchev–Trinajstić information content (AvgIpc) is 2.62. The minimum absolute atomic E-state index is 0.0527. The van der Waals surface area contributed by atoms with Crippen molar-refractivity contribution in [2.75, 3.05) is 0 Å². The standard InChI is InChI=1S/C21H23FN4O2S/c1-12-10-25-16(11-24-12)17(27)8-13-5-6-15(22)14(7-13)21(4)9-18(20(2,3)28)29-19(23)26-21/h5-7,9-11,28H,8H2,1-4H3,(H2,23,26)/t21-/m0/s1. The zero-order chi connectivity index (χ0) is 21.4. The van der Waals surface area contributed by atoms with Gasteiger partial charge in [0.1, 0.15) is 17.1 Å². The summed E-state index contributed by atoms with van der Waals surface area (Å²) >= 11 is 1.16. The highest BCUT2D eigenvalue weighted by Crippen LogP contribution is 2.41. The van der Waals surface area contributed by atoms with Crippen molar-refractivity contribution in [2.45, 2.75) is 45.3 Å². The molecule has 2 heterocycles. The zero-order valence-electron chi connectivity index (χ0n) is 16.7. The van der Waals surface area contributed by atoms with Crippen LogP contribution in [0.2, 0.25) is 0 Å². The lowest BCUT2D eigenvalue weighted by atomic mass is 9.88. The average molecular weight is 415 g/mol. The molecule has 0 fully saturated rings. The van der Waals surface area contributed by atoms with Gasteiger partial charge in [0.15, 0.2) is 11.0 Å². The summed E-state index contributed by atoms with van der Waals surface area (Å²) in [6.45, 7) is 6.79. The van der Waals surface area contributed by atoms with E-state index < -0.39 is 17.0 Å². The maximum atomic E-state index is 14.7. The minimum atomic E-state index is -1.14. The molecule has 8 heteroatoms. The third-order valence-electron chi connectivity index (χ3n) is 4.58. The number of aliphatic hydroxyl groups is 1. The van der Waals surface area contributed by atoms with Gasteiger partial charge >= 0.3 is 0 Å². The van der Waals surface area contributed by atoms with E-state index in [0.29, 0.717) is 10.5 Å². The van der Waals surface area contributed by atoms with Crippen LogP contribution in [0.4, 0.5) is 4.39 Å². The van der Waals surface area contributed by atoms with E-state index in [1.54, 1.807) is 45.9 Å². The minimum Gasteiger partial charge on any atom is -0.385 e. The van der Waals surface area contributed by atoms with Crippen LogP contribution < -0.4 is 5.73 Å². The first-order valence-corrected chi connectivity index (χ1v) is 9.89. The van der Waals surface area contributed by atoms with Crippen LogP contribution in [0.25, 0.3) is 0 Å². The number of aromatic nitrogens is 2. The second-order valence-corrected chi connectivity index (χ2v) is 8.79. The number of thioether (sulfide) groups is 1. The Hall–Kier alpha value is -2.58. The first-order chi connectivity index (χ1) is 13.5. The second-order valence-electron chi connectivity index (χ2n) is 7.72. The number of ketones is 1. The maximum absolute atomic E-state index is 14.7. The molecule has 6 nitrogen and oxygen atoms in total. The van der Waals surface area contributed by atoms with Crippen molar-refractivity contribution in [2.24, 2.45) is 10.7 Å². The lowest BCUT2D eigenvalue weighted by molar-refractivity contribution is 0.0987. The fourth-order valence-electron chi connectivity index (χ4n) is 3.00. The fraction of sp³-hybridized carbons (Fsp3) is 0.333. The van der Waals surface area contributed by atoms with Crippen molar-refractivity contribution in [3.05, 3.63) is 69.9 Å². The number of Topliss-reactive ketones (excluding diaryl/α,β-unsaturated/α-hetero) is 1. The van der Waals surface area contributed by atoms with Gasteiger partial charge in [0.05, 0.1) is 17.5 Å². The van der Waals surface area contributed by atoms with Gasteiger partial charge < -0.3 is 10.8 Å². The predicted molar refractivity (Wildman–Crippen MR) is 112 cm³/mol. The Labute approximate surface area is 173 Å². The third kappa shape index (κ3) is 4.71. The molecule has 1 atom stereocenters. The highest BCUT2D eigenvalue weighted by molar-refractivity contribution is 8.17. The van der Waals surface area contributed by atoms with Crippen LogP contribution in [0, 0.1) is 12.7 Å². The number of benzene rings is 1. The molecule has 0 bridgehead atoms. The number of carbonyl (C=O) groups is 1. The van der Waals surface area contributed by atoms with Gasteiger partial charge in [-0.2, -0.15) is 0 Å². The van der Waals surface area contributed by atoms with Crippen LogP contribution in [-0.2, 0) is 12.0 Å². The summed E-state index contributed by atoms with van der Waals surface area (Å²) in [6.07, 6.45) is 4.73. The number of hydrogen-bond donors (Lipinski definition) is 2. The van der Waals surface area contributed by atoms with E-state index in [1.165, 1.54) is 18.5 Å². The molecule has 3 rings (SSSR count). The molecule has 2 aromatic rings. The predicted octanol–water partition coefficient (Wildman–Crippen LogP) is 3.28. The molecule has 1 aromatic carbocycles. The van der Waals surface area contributed by atoms with E-state index in [-0.39, 0.29) is 28.6 Å². The van der Waals surface area contributed by atoms with Gasteiger partial charge in [-0.05, 0) is 51.5 Å². The van der Waals surface area contributed by atoms with Gasteiger partial charge in [0.25, 0.3) is 0 Å². The van der Waals surface area contributed by atoms with E-state index >= 15 is 0 Å². The molecule has 0 saturated heterocycles. The van der Waals surface area contributed by atoms with E-state index in [2.05, 4.69) is 15.0 Å². The van der Waals surface area contributed by atoms with Gasteiger partial charge in [0.2, 0.25) is 0 Å². The van der Waals surface area contributed by atoms with Crippen LogP contribution in [0.1, 0.15) is 48.1 Å². The highest BCUT2D eigenvalue weighted by atomic mass is 32.2. The molecular weight excluding hydrogens is 391 g/mol. The highest BCUT2D eigenvalue weighted by Gasteiger charge is 2.35. The first-order valence-electron chi connectivity index (χ1n) is 9.07. The summed E-state index contributed by atoms with van der Waals surface area (Å²) in [5, 5.41) is 10.6. The summed E-state index contributed by atoms with van der Waals surface area (Å²) in [4.78, 5) is 25.7. The van der Waals surface area contributed by atoms with Crippen molar-refractivity contribution >= 4 is 22.7 Å². The SMILES string of the molecule is Cc1cnc(C(=O)Cc2ccc(F)c([C@]3(C)C=C(C(C)(C)O)SC(N)=N3)c2)cn1. The van der Waals surface area contributed by atoms with Crippen LogP contribution >= 0.6 is 11.8 Å². The molecule has 0 unspecified atom stereocenters. The summed E-state index contributed by atoms with van der Waals surface area (Å²) in [7, 11) is 0. The number of amidine groups is 1. The molecule has 0 radical (unpaired) electrons. The molecule has 1 aliphatic heterocycles. The smallest absolute Gasteiger partial charge is 0.187 e. The van der Waals surface area contributed by atoms with Crippen molar-refractivity contribution < 1.29 is 14.3 Å². The summed E-state index contributed by atoms with van der Waals surface area (Å²) in [5.41, 5.74) is 5.61. The molecule has 0 amide bonds. The Morgan fingerprint density at radius 1 is 1.31 bits per heavy atom. The van der Waals surface area contributed by atoms with E-state index in [9.17, 15) is 14.3 Å². The van der Waals surface area contributed by atoms with Gasteiger partial charge in [-0.15, -0.1) is 0 Å². The van der Waals surface area contributed by atoms with Crippen LogP contribution in [0.3, 0.4) is 0 Å². The molecule has 152 valence electrons. The molecular formula is C21H23FN4O2S. The van der Waals surface area contributed by atoms with Gasteiger partial charge in [0, 0.05) is 23.1 Å². The van der Waals surface area contributed by atoms with Gasteiger partial charge in [-0.3, -0.25) is 9.78 Å². The largest absolute Gasteiger partial charge is 0.385 e. The monoisotopic (exact) mass is 414 g/mol. The lowest BCUT2D eigenvalue weighted by Crippen LogP contribution is -2.32. The number of nitrogens with two attached hydrogens (primary N) is 1. The topological polar surface area (TPSA) is 101 Å². The van der Waals surface area contributed by atoms with E-state index in [1.807, 2.05) is 0 Å². The van der Waals surface area contributed by atoms with E-state index in [4.69, 9.17) is 5.73 Å². The maximum Gasteiger partial charge on any atom is 0.187 e. The Balaban J connectivity index is 1.96. The summed E-state index contributed by atoms with van der Waals surface area (Å²) in [5.74, 6) is -0.677. The number of hydrogen-bond acceptors (Lipinski definition) is 7. The normalized spacial score (nSPS) is 19.5. The molecule has 1 aromatic heterocycles. The number of aryl methyl sites for hydroxylation is 1. The molecule has 0 saturated carbocycles. The Morgan fingerprint density at radius 3 is 2.66 bits per heavy atom. The van der Waals surface area contributed by atoms with Crippen molar-refractivity contribution in [1.29, 1.82) is 0 Å². The summed E-state index contributed by atoms with van der Waals surface area (Å²) < 4.78 is 14.7. The number of nitrogens with zero attached hydrogens (tertiary/aromatic N) is 3. The van der Waals surface area contributed by atoms with Crippen molar-refractivity contribution in [3.63, 3.8) is 0 Å². The molecule has 0 spiro atoms. The Kier molecular flexibility index (Phi) is 5.60. The molecule has 1 aliphatic rings. The number of halogens is 1. The number of carbonyl (C=O) groups excluding carboxylic acids is 1. The van der Waals surface area contributed by atoms with Crippen LogP contribution in [0.15, 0.2) is 46.6 Å². The molecule has 29 heavy (non-hydrogen) atoms. The second kappa shape index (κ2) is 7.68. The zero-order valence-corrected chi connectivity index (χ0v) is 17.5. The first kappa shape index (κ1) is 21.1. The quantitative estimate of drug-likeness (QED) is 0.728. The van der Waals surface area contributed by atoms with Gasteiger partial charge in [-0.25, -0.2) is 14.4 Å².